The fraction of sp³-hybridized carbons (Fsp3) is 0.182. The van der Waals surface area contributed by atoms with Gasteiger partial charge in [-0.15, -0.1) is 0 Å². The summed E-state index contributed by atoms with van der Waals surface area (Å²) in [6.45, 7) is 3.51. The fourth-order valence-corrected chi connectivity index (χ4v) is 3.25. The summed E-state index contributed by atoms with van der Waals surface area (Å²) < 4.78 is 69.7. The van der Waals surface area contributed by atoms with Crippen LogP contribution in [0.25, 0.3) is 22.3 Å². The molecular formula is C22H16F5O. The Hall–Kier alpha value is -2.89. The van der Waals surface area contributed by atoms with E-state index >= 15 is 0 Å². The largest absolute Gasteiger partial charge is 0.286 e. The molecule has 0 amide bonds. The highest BCUT2D eigenvalue weighted by molar-refractivity contribution is 5.90. The van der Waals surface area contributed by atoms with Gasteiger partial charge in [0.15, 0.2) is 23.3 Å². The van der Waals surface area contributed by atoms with Gasteiger partial charge in [0.05, 0.1) is 0 Å². The van der Waals surface area contributed by atoms with Crippen molar-refractivity contribution < 1.29 is 27.1 Å². The SMILES string of the molecule is CCc1ccc(-c2c(CC)c(F)c(F)c([O])c2-c2cc(F)c(F)c(F)c2)cc1. The molecule has 0 aliphatic rings. The molecule has 0 unspecified atom stereocenters. The smallest absolute Gasteiger partial charge is 0.225 e. The van der Waals surface area contributed by atoms with Crippen molar-refractivity contribution in [1.82, 2.24) is 0 Å². The average Bonchev–Trinajstić information content (AvgIpc) is 2.69. The first-order valence-corrected chi connectivity index (χ1v) is 8.75. The maximum Gasteiger partial charge on any atom is 0.225 e. The van der Waals surface area contributed by atoms with Gasteiger partial charge in [0.2, 0.25) is 11.6 Å². The van der Waals surface area contributed by atoms with Gasteiger partial charge in [-0.05, 0) is 52.8 Å². The van der Waals surface area contributed by atoms with Gasteiger partial charge in [0.25, 0.3) is 0 Å². The van der Waals surface area contributed by atoms with Crippen LogP contribution in [0.4, 0.5) is 22.0 Å². The number of aryl methyl sites for hydroxylation is 1. The lowest BCUT2D eigenvalue weighted by atomic mass is 9.87. The Morgan fingerprint density at radius 1 is 0.679 bits per heavy atom. The molecular weight excluding hydrogens is 375 g/mol. The number of hydrogen-bond donors (Lipinski definition) is 0. The highest BCUT2D eigenvalue weighted by atomic mass is 19.2. The third-order valence-electron chi connectivity index (χ3n) is 4.71. The van der Waals surface area contributed by atoms with Crippen LogP contribution >= 0.6 is 0 Å². The van der Waals surface area contributed by atoms with Crippen LogP contribution in [0.1, 0.15) is 25.0 Å². The molecule has 3 aromatic carbocycles. The van der Waals surface area contributed by atoms with Crippen LogP contribution in [0, 0.1) is 29.1 Å². The summed E-state index contributed by atoms with van der Waals surface area (Å²) in [6.07, 6.45) is 0.778. The third-order valence-corrected chi connectivity index (χ3v) is 4.71. The lowest BCUT2D eigenvalue weighted by molar-refractivity contribution is 0.321. The first kappa shape index (κ1) is 19.9. The predicted octanol–water partition coefficient (Wildman–Crippen LogP) is 6.98. The molecule has 28 heavy (non-hydrogen) atoms. The highest BCUT2D eigenvalue weighted by Crippen LogP contribution is 2.45. The standard InChI is InChI=1S/C22H16F5O/c1-3-11-5-7-12(8-6-11)17-14(4-2)19(25)21(27)22(28)18(17)13-9-15(23)20(26)16(24)10-13/h5-10H,3-4H2,1-2H3. The molecule has 3 rings (SSSR count). The van der Waals surface area contributed by atoms with Crippen LogP contribution in [0.3, 0.4) is 0 Å². The first-order chi connectivity index (χ1) is 13.3. The van der Waals surface area contributed by atoms with Gasteiger partial charge in [-0.25, -0.2) is 17.6 Å². The summed E-state index contributed by atoms with van der Waals surface area (Å²) in [6, 6.07) is 7.99. The Bertz CT molecular complexity index is 1020. The zero-order valence-electron chi connectivity index (χ0n) is 15.2. The lowest BCUT2D eigenvalue weighted by Gasteiger charge is -2.18. The van der Waals surface area contributed by atoms with Crippen LogP contribution in [0.15, 0.2) is 36.4 Å². The molecule has 0 heterocycles. The van der Waals surface area contributed by atoms with E-state index < -0.39 is 40.4 Å². The van der Waals surface area contributed by atoms with Gasteiger partial charge in [-0.1, -0.05) is 38.1 Å². The molecule has 0 saturated heterocycles. The lowest BCUT2D eigenvalue weighted by Crippen LogP contribution is -2.02. The second-order valence-electron chi connectivity index (χ2n) is 6.34. The van der Waals surface area contributed by atoms with Crippen LogP contribution in [0.2, 0.25) is 0 Å². The van der Waals surface area contributed by atoms with Crippen LogP contribution in [-0.2, 0) is 17.9 Å². The maximum atomic E-state index is 14.5. The quantitative estimate of drug-likeness (QED) is 0.338. The van der Waals surface area contributed by atoms with Crippen LogP contribution in [0.5, 0.6) is 5.75 Å². The van der Waals surface area contributed by atoms with E-state index in [2.05, 4.69) is 0 Å². The molecule has 6 heteroatoms. The van der Waals surface area contributed by atoms with Gasteiger partial charge in [-0.2, -0.15) is 4.39 Å². The van der Waals surface area contributed by atoms with Crippen molar-refractivity contribution in [1.29, 1.82) is 0 Å². The van der Waals surface area contributed by atoms with E-state index in [1.165, 1.54) is 0 Å². The van der Waals surface area contributed by atoms with Crippen molar-refractivity contribution in [3.05, 3.63) is 76.6 Å². The van der Waals surface area contributed by atoms with E-state index in [9.17, 15) is 27.1 Å². The van der Waals surface area contributed by atoms with Crippen LogP contribution < -0.4 is 0 Å². The number of rotatable bonds is 4. The van der Waals surface area contributed by atoms with Crippen molar-refractivity contribution in [2.45, 2.75) is 26.7 Å². The second kappa shape index (κ2) is 7.62. The molecule has 0 N–H and O–H groups in total. The minimum atomic E-state index is -1.71. The third kappa shape index (κ3) is 3.23. The molecule has 0 aromatic heterocycles. The number of hydrogen-bond acceptors (Lipinski definition) is 0. The zero-order chi connectivity index (χ0) is 20.6. The van der Waals surface area contributed by atoms with E-state index in [-0.39, 0.29) is 23.1 Å². The van der Waals surface area contributed by atoms with Crippen molar-refractivity contribution in [3.8, 4) is 28.0 Å². The summed E-state index contributed by atoms with van der Waals surface area (Å²) >= 11 is 0. The average molecular weight is 391 g/mol. The van der Waals surface area contributed by atoms with Gasteiger partial charge < -0.3 is 0 Å². The fourth-order valence-electron chi connectivity index (χ4n) is 3.25. The summed E-state index contributed by atoms with van der Waals surface area (Å²) in [5.41, 5.74) is 0.556. The molecule has 0 aliphatic heterocycles. The van der Waals surface area contributed by atoms with E-state index in [0.717, 1.165) is 12.0 Å². The monoisotopic (exact) mass is 391 g/mol. The molecule has 3 aromatic rings. The van der Waals surface area contributed by atoms with Crippen LogP contribution in [-0.4, -0.2) is 0 Å². The van der Waals surface area contributed by atoms with Crippen molar-refractivity contribution in [3.63, 3.8) is 0 Å². The Morgan fingerprint density at radius 3 is 1.75 bits per heavy atom. The topological polar surface area (TPSA) is 19.9 Å². The summed E-state index contributed by atoms with van der Waals surface area (Å²) in [5, 5.41) is 12.5. The highest BCUT2D eigenvalue weighted by Gasteiger charge is 2.28. The molecule has 0 saturated carbocycles. The van der Waals surface area contributed by atoms with Crippen molar-refractivity contribution in [2.24, 2.45) is 0 Å². The van der Waals surface area contributed by atoms with E-state index in [0.29, 0.717) is 17.7 Å². The van der Waals surface area contributed by atoms with E-state index in [4.69, 9.17) is 0 Å². The Balaban J connectivity index is 2.42. The summed E-state index contributed by atoms with van der Waals surface area (Å²) in [7, 11) is 0. The Morgan fingerprint density at radius 2 is 1.25 bits per heavy atom. The molecule has 0 spiro atoms. The van der Waals surface area contributed by atoms with Gasteiger partial charge in [-0.3, -0.25) is 5.11 Å². The Labute approximate surface area is 159 Å². The van der Waals surface area contributed by atoms with E-state index in [1.807, 2.05) is 6.92 Å². The summed E-state index contributed by atoms with van der Waals surface area (Å²) in [4.78, 5) is 0. The molecule has 0 aliphatic carbocycles. The minimum Gasteiger partial charge on any atom is -0.286 e. The predicted molar refractivity (Wildman–Crippen MR) is 96.0 cm³/mol. The second-order valence-corrected chi connectivity index (χ2v) is 6.34. The normalized spacial score (nSPS) is 11.1. The first-order valence-electron chi connectivity index (χ1n) is 8.75. The van der Waals surface area contributed by atoms with Gasteiger partial charge in [0, 0.05) is 5.56 Å². The van der Waals surface area contributed by atoms with Gasteiger partial charge >= 0.3 is 0 Å². The molecule has 1 nitrogen and oxygen atoms in total. The molecule has 0 atom stereocenters. The maximum absolute atomic E-state index is 14.5. The number of halogens is 5. The van der Waals surface area contributed by atoms with Crippen molar-refractivity contribution >= 4 is 0 Å². The summed E-state index contributed by atoms with van der Waals surface area (Å²) in [5.74, 6) is -9.02. The molecule has 1 radical (unpaired) electrons. The molecule has 0 bridgehead atoms. The van der Waals surface area contributed by atoms with E-state index in [1.54, 1.807) is 31.2 Å². The molecule has 145 valence electrons. The van der Waals surface area contributed by atoms with Gasteiger partial charge in [0.1, 0.15) is 0 Å². The molecule has 0 fully saturated rings. The van der Waals surface area contributed by atoms with Crippen molar-refractivity contribution in [2.75, 3.05) is 0 Å². The number of benzene rings is 3. The zero-order valence-corrected chi connectivity index (χ0v) is 15.2. The minimum absolute atomic E-state index is 0.0348. The Kier molecular flexibility index (Phi) is 5.40.